The van der Waals surface area contributed by atoms with Crippen molar-refractivity contribution in [3.63, 3.8) is 0 Å². The largest absolute Gasteiger partial charge is 0.492 e. The van der Waals surface area contributed by atoms with Gasteiger partial charge < -0.3 is 14.6 Å². The van der Waals surface area contributed by atoms with Crippen LogP contribution in [0.5, 0.6) is 5.75 Å². The first-order valence-corrected chi connectivity index (χ1v) is 5.54. The average molecular weight is 232 g/mol. The van der Waals surface area contributed by atoms with E-state index in [1.165, 1.54) is 0 Å². The van der Waals surface area contributed by atoms with E-state index in [1.807, 2.05) is 38.4 Å². The molecule has 0 saturated heterocycles. The quantitative estimate of drug-likeness (QED) is 0.801. The van der Waals surface area contributed by atoms with Crippen molar-refractivity contribution in [2.24, 2.45) is 0 Å². The topological polar surface area (TPSA) is 45.3 Å². The van der Waals surface area contributed by atoms with Crippen LogP contribution in [0.1, 0.15) is 10.5 Å². The number of H-pyrrole nitrogens is 1. The number of fused-ring (bicyclic) bond motifs is 1. The van der Waals surface area contributed by atoms with E-state index < -0.39 is 0 Å². The molecule has 4 nitrogen and oxygen atoms in total. The number of aromatic amines is 1. The summed E-state index contributed by atoms with van der Waals surface area (Å²) < 4.78 is 5.62. The molecule has 90 valence electrons. The first-order valence-electron chi connectivity index (χ1n) is 5.54. The molecule has 4 heteroatoms. The van der Waals surface area contributed by atoms with Gasteiger partial charge in [-0.05, 0) is 38.4 Å². The second-order valence-corrected chi connectivity index (χ2v) is 4.24. The van der Waals surface area contributed by atoms with E-state index in [1.54, 1.807) is 0 Å². The molecule has 17 heavy (non-hydrogen) atoms. The smallest absolute Gasteiger partial charge is 0.166 e. The number of hydrogen-bond donors (Lipinski definition) is 1. The third kappa shape index (κ3) is 2.85. The summed E-state index contributed by atoms with van der Waals surface area (Å²) >= 11 is 0. The molecule has 0 bridgehead atoms. The lowest BCUT2D eigenvalue weighted by atomic mass is 10.2. The van der Waals surface area contributed by atoms with Crippen LogP contribution in [0.15, 0.2) is 24.3 Å². The predicted molar refractivity (Wildman–Crippen MR) is 67.7 cm³/mol. The van der Waals surface area contributed by atoms with Crippen LogP contribution in [-0.2, 0) is 0 Å². The van der Waals surface area contributed by atoms with Crippen LogP contribution in [0.25, 0.3) is 10.9 Å². The van der Waals surface area contributed by atoms with Crippen molar-refractivity contribution in [3.8, 4) is 5.75 Å². The van der Waals surface area contributed by atoms with Gasteiger partial charge in [-0.3, -0.25) is 4.79 Å². The molecule has 2 rings (SSSR count). The first kappa shape index (κ1) is 11.7. The van der Waals surface area contributed by atoms with Crippen molar-refractivity contribution >= 4 is 17.2 Å². The first-order chi connectivity index (χ1) is 8.19. The fourth-order valence-corrected chi connectivity index (χ4v) is 1.63. The Morgan fingerprint density at radius 2 is 2.18 bits per heavy atom. The number of benzene rings is 1. The van der Waals surface area contributed by atoms with Crippen LogP contribution >= 0.6 is 0 Å². The van der Waals surface area contributed by atoms with Gasteiger partial charge in [-0.2, -0.15) is 0 Å². The van der Waals surface area contributed by atoms with Gasteiger partial charge in [0, 0.05) is 17.4 Å². The fraction of sp³-hybridized carbons (Fsp3) is 0.308. The maximum Gasteiger partial charge on any atom is 0.166 e. The Morgan fingerprint density at radius 3 is 2.88 bits per heavy atom. The van der Waals surface area contributed by atoms with E-state index in [4.69, 9.17) is 4.74 Å². The van der Waals surface area contributed by atoms with Crippen LogP contribution in [-0.4, -0.2) is 43.4 Å². The molecule has 2 aromatic rings. The van der Waals surface area contributed by atoms with Crippen molar-refractivity contribution in [3.05, 3.63) is 30.0 Å². The molecule has 0 unspecified atom stereocenters. The number of nitrogens with one attached hydrogen (secondary N) is 1. The van der Waals surface area contributed by atoms with E-state index in [0.29, 0.717) is 12.3 Å². The van der Waals surface area contributed by atoms with Gasteiger partial charge in [0.05, 0.1) is 5.69 Å². The Morgan fingerprint density at radius 1 is 1.35 bits per heavy atom. The summed E-state index contributed by atoms with van der Waals surface area (Å²) in [6, 6.07) is 7.59. The third-order valence-electron chi connectivity index (χ3n) is 2.55. The van der Waals surface area contributed by atoms with Crippen LogP contribution < -0.4 is 4.74 Å². The second kappa shape index (κ2) is 5.01. The van der Waals surface area contributed by atoms with Crippen LogP contribution in [0.4, 0.5) is 0 Å². The summed E-state index contributed by atoms with van der Waals surface area (Å²) in [5.41, 5.74) is 1.54. The molecule has 1 N–H and O–H groups in total. The molecular weight excluding hydrogens is 216 g/mol. The molecule has 1 heterocycles. The molecule has 1 aromatic heterocycles. The number of carbonyl (C=O) groups is 1. The molecule has 0 fully saturated rings. The van der Waals surface area contributed by atoms with Crippen LogP contribution in [0.2, 0.25) is 0 Å². The number of nitrogens with zero attached hydrogens (tertiary/aromatic N) is 1. The summed E-state index contributed by atoms with van der Waals surface area (Å²) in [5, 5.41) is 0.995. The van der Waals surface area contributed by atoms with Gasteiger partial charge in [-0.15, -0.1) is 0 Å². The number of carbonyl (C=O) groups excluding carboxylic acids is 1. The average Bonchev–Trinajstić information content (AvgIpc) is 2.70. The summed E-state index contributed by atoms with van der Waals surface area (Å²) in [4.78, 5) is 15.7. The minimum absolute atomic E-state index is 0.588. The number of aromatic nitrogens is 1. The monoisotopic (exact) mass is 232 g/mol. The van der Waals surface area contributed by atoms with Crippen molar-refractivity contribution in [1.82, 2.24) is 9.88 Å². The van der Waals surface area contributed by atoms with Gasteiger partial charge in [0.15, 0.2) is 6.29 Å². The molecule has 0 radical (unpaired) electrons. The highest BCUT2D eigenvalue weighted by Gasteiger charge is 2.02. The predicted octanol–water partition coefficient (Wildman–Crippen LogP) is 1.92. The number of ether oxygens (including phenoxy) is 1. The van der Waals surface area contributed by atoms with E-state index >= 15 is 0 Å². The van der Waals surface area contributed by atoms with Gasteiger partial charge in [0.2, 0.25) is 0 Å². The maximum atomic E-state index is 10.6. The van der Waals surface area contributed by atoms with Crippen LogP contribution in [0.3, 0.4) is 0 Å². The lowest BCUT2D eigenvalue weighted by molar-refractivity contribution is 0.112. The molecule has 0 spiro atoms. The molecule has 0 aliphatic rings. The molecule has 0 amide bonds. The maximum absolute atomic E-state index is 10.6. The minimum Gasteiger partial charge on any atom is -0.492 e. The van der Waals surface area contributed by atoms with E-state index in [9.17, 15) is 4.79 Å². The SMILES string of the molecule is CN(C)CCOc1ccc2[nH]c(C=O)cc2c1. The second-order valence-electron chi connectivity index (χ2n) is 4.24. The van der Waals surface area contributed by atoms with Gasteiger partial charge in [-0.1, -0.05) is 0 Å². The number of aldehydes is 1. The number of hydrogen-bond acceptors (Lipinski definition) is 3. The highest BCUT2D eigenvalue weighted by atomic mass is 16.5. The highest BCUT2D eigenvalue weighted by Crippen LogP contribution is 2.21. The molecule has 0 aliphatic carbocycles. The minimum atomic E-state index is 0.588. The summed E-state index contributed by atoms with van der Waals surface area (Å²) in [6.07, 6.45) is 0.812. The van der Waals surface area contributed by atoms with Crippen molar-refractivity contribution in [2.75, 3.05) is 27.2 Å². The zero-order valence-corrected chi connectivity index (χ0v) is 10.1. The zero-order chi connectivity index (χ0) is 12.3. The fourth-order valence-electron chi connectivity index (χ4n) is 1.63. The normalized spacial score (nSPS) is 11.0. The van der Waals surface area contributed by atoms with E-state index in [2.05, 4.69) is 9.88 Å². The van der Waals surface area contributed by atoms with Crippen LogP contribution in [0, 0.1) is 0 Å². The summed E-state index contributed by atoms with van der Waals surface area (Å²) in [7, 11) is 4.02. The van der Waals surface area contributed by atoms with Gasteiger partial charge in [0.1, 0.15) is 12.4 Å². The van der Waals surface area contributed by atoms with Crippen molar-refractivity contribution < 1.29 is 9.53 Å². The summed E-state index contributed by atoms with van der Waals surface area (Å²) in [5.74, 6) is 0.829. The zero-order valence-electron chi connectivity index (χ0n) is 10.1. The van der Waals surface area contributed by atoms with Gasteiger partial charge in [0.25, 0.3) is 0 Å². The molecular formula is C13H16N2O2. The molecule has 0 atom stereocenters. The van der Waals surface area contributed by atoms with E-state index in [-0.39, 0.29) is 0 Å². The Labute approximate surface area is 100 Å². The van der Waals surface area contributed by atoms with Crippen molar-refractivity contribution in [2.45, 2.75) is 0 Å². The summed E-state index contributed by atoms with van der Waals surface area (Å²) in [6.45, 7) is 1.54. The Hall–Kier alpha value is -1.81. The Balaban J connectivity index is 2.11. The molecule has 1 aromatic carbocycles. The van der Waals surface area contributed by atoms with Gasteiger partial charge in [-0.25, -0.2) is 0 Å². The van der Waals surface area contributed by atoms with E-state index in [0.717, 1.165) is 29.5 Å². The van der Waals surface area contributed by atoms with Gasteiger partial charge >= 0.3 is 0 Å². The standard InChI is InChI=1S/C13H16N2O2/c1-15(2)5-6-17-12-3-4-13-10(8-12)7-11(9-16)14-13/h3-4,7-9,14H,5-6H2,1-2H3. The van der Waals surface area contributed by atoms with Crippen molar-refractivity contribution in [1.29, 1.82) is 0 Å². The lowest BCUT2D eigenvalue weighted by Crippen LogP contribution is -2.19. The highest BCUT2D eigenvalue weighted by molar-refractivity contribution is 5.88. The Kier molecular flexibility index (Phi) is 3.44. The molecule has 0 saturated carbocycles. The Bertz CT molecular complexity index is 517. The number of likely N-dealkylation sites (N-methyl/N-ethyl adjacent to an activating group) is 1. The molecule has 0 aliphatic heterocycles. The lowest BCUT2D eigenvalue weighted by Gasteiger charge is -2.10. The third-order valence-corrected chi connectivity index (χ3v) is 2.55. The number of rotatable bonds is 5.